The maximum atomic E-state index is 2.62. The molecular weight excluding hydrogens is 356 g/mol. The van der Waals surface area contributed by atoms with E-state index in [2.05, 4.69) is 10.6 Å². The summed E-state index contributed by atoms with van der Waals surface area (Å²) < 4.78 is 0. The van der Waals surface area contributed by atoms with Crippen molar-refractivity contribution in [2.45, 2.75) is 76.3 Å². The van der Waals surface area contributed by atoms with Crippen LogP contribution in [0.3, 0.4) is 0 Å². The second-order valence-electron chi connectivity index (χ2n) is 5.84. The molecule has 0 atom stereocenters. The van der Waals surface area contributed by atoms with Gasteiger partial charge in [0.2, 0.25) is 0 Å². The molecule has 0 aromatic heterocycles. The molecule has 0 radical (unpaired) electrons. The molecule has 0 amide bonds. The number of hydrogen-bond donors (Lipinski definition) is 2. The SMILES string of the molecule is C1CCC([NH2+]CC[NH2+]C2CCCCC2)CC1.[Br-].[Br-]. The molecule has 18 heavy (non-hydrogen) atoms. The average Bonchev–Trinajstić information content (AvgIpc) is 2.37. The molecule has 0 bridgehead atoms. The third-order valence-electron chi connectivity index (χ3n) is 4.47. The lowest BCUT2D eigenvalue weighted by molar-refractivity contribution is -0.756. The third-order valence-corrected chi connectivity index (χ3v) is 4.47. The Labute approximate surface area is 134 Å². The highest BCUT2D eigenvalue weighted by Crippen LogP contribution is 2.15. The highest BCUT2D eigenvalue weighted by Gasteiger charge is 2.18. The predicted molar refractivity (Wildman–Crippen MR) is 67.3 cm³/mol. The Morgan fingerprint density at radius 2 is 0.889 bits per heavy atom. The van der Waals surface area contributed by atoms with E-state index < -0.39 is 0 Å². The van der Waals surface area contributed by atoms with E-state index in [0.717, 1.165) is 12.1 Å². The lowest BCUT2D eigenvalue weighted by Crippen LogP contribution is -3.00. The molecular formula is C14H30Br2N2. The molecule has 2 aliphatic rings. The van der Waals surface area contributed by atoms with Crippen LogP contribution in [0.15, 0.2) is 0 Å². The highest BCUT2D eigenvalue weighted by atomic mass is 79.9. The van der Waals surface area contributed by atoms with Gasteiger partial charge in [0.1, 0.15) is 13.1 Å². The second kappa shape index (κ2) is 11.7. The maximum absolute atomic E-state index is 2.62. The lowest BCUT2D eigenvalue weighted by atomic mass is 9.95. The Hall–Kier alpha value is 0.880. The van der Waals surface area contributed by atoms with Crippen molar-refractivity contribution >= 4 is 0 Å². The minimum Gasteiger partial charge on any atom is -1.00 e. The molecule has 0 heterocycles. The van der Waals surface area contributed by atoms with E-state index in [0.29, 0.717) is 0 Å². The first kappa shape index (κ1) is 18.9. The fourth-order valence-corrected chi connectivity index (χ4v) is 3.40. The van der Waals surface area contributed by atoms with Crippen LogP contribution in [-0.2, 0) is 0 Å². The molecule has 2 saturated carbocycles. The maximum Gasteiger partial charge on any atom is 0.125 e. The number of quaternary nitrogens is 2. The van der Waals surface area contributed by atoms with E-state index >= 15 is 0 Å². The smallest absolute Gasteiger partial charge is 0.125 e. The van der Waals surface area contributed by atoms with Gasteiger partial charge in [-0.3, -0.25) is 0 Å². The van der Waals surface area contributed by atoms with Gasteiger partial charge in [-0.05, 0) is 51.4 Å². The fraction of sp³-hybridized carbons (Fsp3) is 1.00. The Kier molecular flexibility index (Phi) is 12.3. The molecule has 4 N–H and O–H groups in total. The van der Waals surface area contributed by atoms with Crippen LogP contribution in [0.1, 0.15) is 64.2 Å². The molecule has 0 spiro atoms. The lowest BCUT2D eigenvalue weighted by Gasteiger charge is -2.21. The third kappa shape index (κ3) is 7.46. The first-order valence-electron chi connectivity index (χ1n) is 7.62. The van der Waals surface area contributed by atoms with Crippen LogP contribution < -0.4 is 44.6 Å². The standard InChI is InChI=1S/C14H28N2.2BrH/c1-3-7-13(8-4-1)15-11-12-16-14-9-5-2-6-10-14;;/h13-16H,1-12H2;2*1H. The van der Waals surface area contributed by atoms with Gasteiger partial charge in [-0.1, -0.05) is 12.8 Å². The zero-order valence-corrected chi connectivity index (χ0v) is 14.7. The molecule has 2 aliphatic carbocycles. The topological polar surface area (TPSA) is 33.2 Å². The van der Waals surface area contributed by atoms with E-state index in [1.165, 1.54) is 77.3 Å². The predicted octanol–water partition coefficient (Wildman–Crippen LogP) is -5.21. The Morgan fingerprint density at radius 1 is 0.556 bits per heavy atom. The molecule has 0 aromatic carbocycles. The highest BCUT2D eigenvalue weighted by molar-refractivity contribution is 4.63. The quantitative estimate of drug-likeness (QED) is 0.443. The fourth-order valence-electron chi connectivity index (χ4n) is 3.40. The van der Waals surface area contributed by atoms with Crippen molar-refractivity contribution in [2.75, 3.05) is 13.1 Å². The van der Waals surface area contributed by atoms with Crippen molar-refractivity contribution < 1.29 is 44.6 Å². The van der Waals surface area contributed by atoms with Crippen LogP contribution in [0.4, 0.5) is 0 Å². The van der Waals surface area contributed by atoms with Gasteiger partial charge < -0.3 is 44.6 Å². The van der Waals surface area contributed by atoms with Crippen molar-refractivity contribution in [3.8, 4) is 0 Å². The molecule has 0 aromatic rings. The summed E-state index contributed by atoms with van der Waals surface area (Å²) in [6.07, 6.45) is 14.8. The first-order valence-corrected chi connectivity index (χ1v) is 7.62. The van der Waals surface area contributed by atoms with Crippen molar-refractivity contribution in [1.29, 1.82) is 0 Å². The van der Waals surface area contributed by atoms with Crippen molar-refractivity contribution in [3.63, 3.8) is 0 Å². The van der Waals surface area contributed by atoms with E-state index in [-0.39, 0.29) is 34.0 Å². The van der Waals surface area contributed by atoms with E-state index in [4.69, 9.17) is 0 Å². The summed E-state index contributed by atoms with van der Waals surface area (Å²) in [6, 6.07) is 1.93. The van der Waals surface area contributed by atoms with Crippen LogP contribution >= 0.6 is 0 Å². The van der Waals surface area contributed by atoms with E-state index in [9.17, 15) is 0 Å². The average molecular weight is 386 g/mol. The minimum atomic E-state index is 0. The van der Waals surface area contributed by atoms with Crippen molar-refractivity contribution in [1.82, 2.24) is 0 Å². The summed E-state index contributed by atoms with van der Waals surface area (Å²) in [5, 5.41) is 5.25. The Morgan fingerprint density at radius 3 is 1.22 bits per heavy atom. The largest absolute Gasteiger partial charge is 1.00 e. The molecule has 2 rings (SSSR count). The zero-order chi connectivity index (χ0) is 11.1. The molecule has 0 saturated heterocycles. The van der Waals surface area contributed by atoms with Crippen LogP contribution in [0.25, 0.3) is 0 Å². The summed E-state index contributed by atoms with van der Waals surface area (Å²) >= 11 is 0. The van der Waals surface area contributed by atoms with Gasteiger partial charge in [0.15, 0.2) is 0 Å². The van der Waals surface area contributed by atoms with Crippen LogP contribution in [0.5, 0.6) is 0 Å². The monoisotopic (exact) mass is 384 g/mol. The zero-order valence-electron chi connectivity index (χ0n) is 11.6. The Balaban J connectivity index is 0.00000144. The summed E-state index contributed by atoms with van der Waals surface area (Å²) in [4.78, 5) is 0. The van der Waals surface area contributed by atoms with Gasteiger partial charge in [-0.2, -0.15) is 0 Å². The number of hydrogen-bond acceptors (Lipinski definition) is 0. The molecule has 110 valence electrons. The van der Waals surface area contributed by atoms with Gasteiger partial charge in [0.25, 0.3) is 0 Å². The summed E-state index contributed by atoms with van der Waals surface area (Å²) in [5.41, 5.74) is 0. The second-order valence-corrected chi connectivity index (χ2v) is 5.84. The minimum absolute atomic E-state index is 0. The van der Waals surface area contributed by atoms with Gasteiger partial charge in [-0.25, -0.2) is 0 Å². The number of halogens is 2. The van der Waals surface area contributed by atoms with E-state index in [1.807, 2.05) is 0 Å². The van der Waals surface area contributed by atoms with E-state index in [1.54, 1.807) is 0 Å². The molecule has 0 unspecified atom stereocenters. The van der Waals surface area contributed by atoms with Gasteiger partial charge >= 0.3 is 0 Å². The number of rotatable bonds is 5. The number of nitrogens with two attached hydrogens (primary N) is 2. The van der Waals surface area contributed by atoms with Crippen molar-refractivity contribution in [2.24, 2.45) is 0 Å². The summed E-state index contributed by atoms with van der Waals surface area (Å²) in [6.45, 7) is 2.70. The molecule has 2 fully saturated rings. The Bertz CT molecular complexity index is 159. The van der Waals surface area contributed by atoms with Crippen LogP contribution in [0, 0.1) is 0 Å². The first-order chi connectivity index (χ1) is 7.95. The van der Waals surface area contributed by atoms with Gasteiger partial charge in [0, 0.05) is 0 Å². The van der Waals surface area contributed by atoms with Crippen LogP contribution in [0.2, 0.25) is 0 Å². The molecule has 0 aliphatic heterocycles. The van der Waals surface area contributed by atoms with Gasteiger partial charge in [0.05, 0.1) is 12.1 Å². The molecule has 4 heteroatoms. The van der Waals surface area contributed by atoms with Crippen molar-refractivity contribution in [3.05, 3.63) is 0 Å². The summed E-state index contributed by atoms with van der Waals surface area (Å²) in [5.74, 6) is 0. The summed E-state index contributed by atoms with van der Waals surface area (Å²) in [7, 11) is 0. The normalized spacial score (nSPS) is 22.0. The van der Waals surface area contributed by atoms with Crippen LogP contribution in [-0.4, -0.2) is 25.2 Å². The molecule has 2 nitrogen and oxygen atoms in total. The van der Waals surface area contributed by atoms with Gasteiger partial charge in [-0.15, -0.1) is 0 Å².